The van der Waals surface area contributed by atoms with Gasteiger partial charge in [0.25, 0.3) is 11.8 Å². The topological polar surface area (TPSA) is 121 Å². The van der Waals surface area contributed by atoms with E-state index in [1.807, 2.05) is 23.6 Å². The SMILES string of the molecule is N#CCNC(=O)C1(NC(=O)c2ccc(-c3noc(-c4cccs4)n3)cc2)CCCCC1. The third-order valence-electron chi connectivity index (χ3n) is 5.39. The molecule has 1 fully saturated rings. The highest BCUT2D eigenvalue weighted by Crippen LogP contribution is 2.29. The summed E-state index contributed by atoms with van der Waals surface area (Å²) in [6.45, 7) is -0.0800. The summed E-state index contributed by atoms with van der Waals surface area (Å²) in [4.78, 5) is 30.9. The van der Waals surface area contributed by atoms with Crippen molar-refractivity contribution in [2.75, 3.05) is 6.54 Å². The van der Waals surface area contributed by atoms with Gasteiger partial charge in [0.2, 0.25) is 11.7 Å². The molecule has 0 unspecified atom stereocenters. The van der Waals surface area contributed by atoms with Gasteiger partial charge in [-0.25, -0.2) is 0 Å². The summed E-state index contributed by atoms with van der Waals surface area (Å²) in [6.07, 6.45) is 3.84. The molecule has 0 radical (unpaired) electrons. The van der Waals surface area contributed by atoms with Crippen LogP contribution in [0.4, 0.5) is 0 Å². The lowest BCUT2D eigenvalue weighted by molar-refractivity contribution is -0.128. The molecule has 1 saturated carbocycles. The zero-order valence-electron chi connectivity index (χ0n) is 16.8. The van der Waals surface area contributed by atoms with Gasteiger partial charge >= 0.3 is 0 Å². The molecule has 0 aliphatic heterocycles. The van der Waals surface area contributed by atoms with Crippen molar-refractivity contribution in [1.29, 1.82) is 5.26 Å². The number of nitrogens with one attached hydrogen (secondary N) is 2. The van der Waals surface area contributed by atoms with Crippen LogP contribution in [0, 0.1) is 11.3 Å². The summed E-state index contributed by atoms with van der Waals surface area (Å²) in [5, 5.41) is 20.2. The number of hydrogen-bond acceptors (Lipinski definition) is 7. The minimum atomic E-state index is -0.978. The number of benzene rings is 1. The average molecular weight is 436 g/mol. The van der Waals surface area contributed by atoms with Crippen LogP contribution in [0.5, 0.6) is 0 Å². The van der Waals surface area contributed by atoms with E-state index in [0.717, 1.165) is 29.7 Å². The Kier molecular flexibility index (Phi) is 6.09. The van der Waals surface area contributed by atoms with Gasteiger partial charge < -0.3 is 15.2 Å². The number of carbonyl (C=O) groups excluding carboxylic acids is 2. The summed E-state index contributed by atoms with van der Waals surface area (Å²) in [7, 11) is 0. The summed E-state index contributed by atoms with van der Waals surface area (Å²) in [6, 6.07) is 12.6. The number of rotatable bonds is 6. The van der Waals surface area contributed by atoms with Gasteiger partial charge in [-0.1, -0.05) is 42.6 Å². The van der Waals surface area contributed by atoms with Crippen LogP contribution in [0.25, 0.3) is 22.2 Å². The molecule has 0 bridgehead atoms. The molecule has 2 amide bonds. The monoisotopic (exact) mass is 435 g/mol. The van der Waals surface area contributed by atoms with E-state index in [0.29, 0.717) is 30.1 Å². The quantitative estimate of drug-likeness (QED) is 0.571. The van der Waals surface area contributed by atoms with Gasteiger partial charge in [0.15, 0.2) is 0 Å². The predicted octanol–water partition coefficient (Wildman–Crippen LogP) is 3.54. The summed E-state index contributed by atoms with van der Waals surface area (Å²) in [5.41, 5.74) is 0.180. The molecule has 0 spiro atoms. The van der Waals surface area contributed by atoms with Crippen LogP contribution in [0.3, 0.4) is 0 Å². The van der Waals surface area contributed by atoms with Gasteiger partial charge in [-0.2, -0.15) is 10.2 Å². The molecule has 4 rings (SSSR count). The summed E-state index contributed by atoms with van der Waals surface area (Å²) in [5.74, 6) is 0.268. The molecule has 158 valence electrons. The largest absolute Gasteiger partial charge is 0.341 e. The first kappa shape index (κ1) is 20.8. The lowest BCUT2D eigenvalue weighted by Gasteiger charge is -2.36. The summed E-state index contributed by atoms with van der Waals surface area (Å²) < 4.78 is 5.32. The number of carbonyl (C=O) groups is 2. The third kappa shape index (κ3) is 4.49. The van der Waals surface area contributed by atoms with Gasteiger partial charge in [0, 0.05) is 11.1 Å². The molecule has 0 saturated heterocycles. The second kappa shape index (κ2) is 9.10. The smallest absolute Gasteiger partial charge is 0.268 e. The number of thiophene rings is 1. The van der Waals surface area contributed by atoms with Gasteiger partial charge in [-0.3, -0.25) is 9.59 Å². The second-order valence-electron chi connectivity index (χ2n) is 7.42. The third-order valence-corrected chi connectivity index (χ3v) is 6.24. The summed E-state index contributed by atoms with van der Waals surface area (Å²) >= 11 is 1.51. The second-order valence-corrected chi connectivity index (χ2v) is 8.36. The van der Waals surface area contributed by atoms with Crippen molar-refractivity contribution in [3.05, 3.63) is 47.3 Å². The highest BCUT2D eigenvalue weighted by Gasteiger charge is 2.40. The molecule has 1 aromatic carbocycles. The maximum absolute atomic E-state index is 12.9. The Morgan fingerprint density at radius 1 is 1.16 bits per heavy atom. The van der Waals surface area contributed by atoms with E-state index in [4.69, 9.17) is 9.78 Å². The fourth-order valence-electron chi connectivity index (χ4n) is 3.75. The Morgan fingerprint density at radius 2 is 1.94 bits per heavy atom. The zero-order chi connectivity index (χ0) is 21.7. The fourth-order valence-corrected chi connectivity index (χ4v) is 4.40. The molecule has 1 aliphatic carbocycles. The number of nitriles is 1. The Bertz CT molecular complexity index is 1090. The van der Waals surface area contributed by atoms with Crippen molar-refractivity contribution in [3.63, 3.8) is 0 Å². The molecule has 9 heteroatoms. The molecule has 1 aliphatic rings. The van der Waals surface area contributed by atoms with E-state index in [-0.39, 0.29) is 18.4 Å². The maximum atomic E-state index is 12.9. The van der Waals surface area contributed by atoms with Crippen LogP contribution in [-0.4, -0.2) is 34.0 Å². The van der Waals surface area contributed by atoms with Crippen LogP contribution >= 0.6 is 11.3 Å². The highest BCUT2D eigenvalue weighted by atomic mass is 32.1. The van der Waals surface area contributed by atoms with E-state index in [2.05, 4.69) is 20.8 Å². The molecular formula is C22H21N5O3S. The Hall–Kier alpha value is -3.51. The van der Waals surface area contributed by atoms with Crippen LogP contribution < -0.4 is 10.6 Å². The average Bonchev–Trinajstić information content (AvgIpc) is 3.50. The Morgan fingerprint density at radius 3 is 2.61 bits per heavy atom. The first-order valence-corrected chi connectivity index (χ1v) is 10.9. The van der Waals surface area contributed by atoms with E-state index in [1.165, 1.54) is 11.3 Å². The van der Waals surface area contributed by atoms with E-state index in [9.17, 15) is 9.59 Å². The molecule has 0 atom stereocenters. The number of amides is 2. The van der Waals surface area contributed by atoms with E-state index in [1.54, 1.807) is 24.3 Å². The zero-order valence-corrected chi connectivity index (χ0v) is 17.6. The number of aromatic nitrogens is 2. The minimum absolute atomic E-state index is 0.0800. The van der Waals surface area contributed by atoms with Crippen LogP contribution in [0.2, 0.25) is 0 Å². The molecule has 31 heavy (non-hydrogen) atoms. The van der Waals surface area contributed by atoms with E-state index >= 15 is 0 Å². The van der Waals surface area contributed by atoms with Crippen molar-refractivity contribution in [3.8, 4) is 28.2 Å². The molecule has 8 nitrogen and oxygen atoms in total. The van der Waals surface area contributed by atoms with Crippen molar-refractivity contribution in [1.82, 2.24) is 20.8 Å². The van der Waals surface area contributed by atoms with Gasteiger partial charge in [-0.05, 0) is 36.4 Å². The molecular weight excluding hydrogens is 414 g/mol. The van der Waals surface area contributed by atoms with Crippen LogP contribution in [-0.2, 0) is 4.79 Å². The maximum Gasteiger partial charge on any atom is 0.268 e. The van der Waals surface area contributed by atoms with Crippen molar-refractivity contribution < 1.29 is 14.1 Å². The minimum Gasteiger partial charge on any atom is -0.341 e. The molecule has 2 aromatic heterocycles. The van der Waals surface area contributed by atoms with E-state index < -0.39 is 5.54 Å². The lowest BCUT2D eigenvalue weighted by Crippen LogP contribution is -2.59. The number of hydrogen-bond donors (Lipinski definition) is 2. The number of nitrogens with zero attached hydrogens (tertiary/aromatic N) is 3. The van der Waals surface area contributed by atoms with Gasteiger partial charge in [0.1, 0.15) is 12.1 Å². The first-order valence-electron chi connectivity index (χ1n) is 10.1. The Balaban J connectivity index is 1.48. The predicted molar refractivity (Wildman–Crippen MR) is 115 cm³/mol. The van der Waals surface area contributed by atoms with Gasteiger partial charge in [-0.15, -0.1) is 11.3 Å². The standard InChI is InChI=1S/C22H21N5O3S/c23-12-13-24-21(29)22(10-2-1-3-11-22)26-19(28)16-8-6-15(7-9-16)18-25-20(30-27-18)17-5-4-14-31-17/h4-9,14H,1-3,10-11,13H2,(H,24,29)(H,26,28). The van der Waals surface area contributed by atoms with Crippen LogP contribution in [0.15, 0.2) is 46.3 Å². The van der Waals surface area contributed by atoms with Crippen molar-refractivity contribution in [2.45, 2.75) is 37.6 Å². The van der Waals surface area contributed by atoms with Gasteiger partial charge in [0.05, 0.1) is 10.9 Å². The lowest BCUT2D eigenvalue weighted by atomic mass is 9.80. The van der Waals surface area contributed by atoms with Crippen molar-refractivity contribution in [2.24, 2.45) is 0 Å². The van der Waals surface area contributed by atoms with Crippen LogP contribution in [0.1, 0.15) is 42.5 Å². The molecule has 3 aromatic rings. The fraction of sp³-hybridized carbons (Fsp3) is 0.318. The first-order chi connectivity index (χ1) is 15.1. The molecule has 2 heterocycles. The highest BCUT2D eigenvalue weighted by molar-refractivity contribution is 7.13. The Labute approximate surface area is 183 Å². The van der Waals surface area contributed by atoms with Crippen molar-refractivity contribution >= 4 is 23.2 Å². The normalized spacial score (nSPS) is 15.1. The molecule has 2 N–H and O–H groups in total.